The average Bonchev–Trinajstić information content (AvgIpc) is 2.34. The molecule has 1 rings (SSSR count). The minimum Gasteiger partial charge on any atom is -0.326 e. The number of nitrogens with two attached hydrogens (primary N) is 1. The highest BCUT2D eigenvalue weighted by Crippen LogP contribution is 2.28. The van der Waals surface area contributed by atoms with E-state index in [1.54, 1.807) is 0 Å². The van der Waals surface area contributed by atoms with Crippen molar-refractivity contribution in [2.45, 2.75) is 44.7 Å². The van der Waals surface area contributed by atoms with Gasteiger partial charge in [0, 0.05) is 16.1 Å². The largest absolute Gasteiger partial charge is 0.326 e. The summed E-state index contributed by atoms with van der Waals surface area (Å²) in [6.07, 6.45) is 3.05. The molecule has 1 aromatic rings. The zero-order valence-electron chi connectivity index (χ0n) is 11.9. The molecule has 1 unspecified atom stereocenters. The van der Waals surface area contributed by atoms with Crippen LogP contribution in [0, 0.1) is 0 Å². The molecule has 2 N–H and O–H groups in total. The molecular weight excluding hydrogens is 288 g/mol. The molecule has 2 nitrogen and oxygen atoms in total. The molecule has 0 radical (unpaired) electrons. The molecule has 0 aliphatic heterocycles. The fourth-order valence-electron chi connectivity index (χ4n) is 2.83. The Bertz CT molecular complexity index is 373. The molecule has 0 aliphatic carbocycles. The molecule has 0 aliphatic rings. The Hall–Kier alpha value is -0.380. The quantitative estimate of drug-likeness (QED) is 0.872. The predicted molar refractivity (Wildman–Crippen MR) is 82.8 cm³/mol. The van der Waals surface area contributed by atoms with Crippen molar-refractivity contribution in [2.24, 2.45) is 5.73 Å². The molecule has 1 atom stereocenters. The van der Waals surface area contributed by atoms with Crippen molar-refractivity contribution in [3.63, 3.8) is 0 Å². The van der Waals surface area contributed by atoms with Crippen molar-refractivity contribution >= 4 is 15.9 Å². The second kappa shape index (κ2) is 6.69. The van der Waals surface area contributed by atoms with E-state index >= 15 is 0 Å². The maximum Gasteiger partial charge on any atom is 0.0352 e. The molecule has 0 saturated heterocycles. The summed E-state index contributed by atoms with van der Waals surface area (Å²) < 4.78 is 1.15. The molecule has 0 spiro atoms. The Kier molecular flexibility index (Phi) is 5.83. The summed E-state index contributed by atoms with van der Waals surface area (Å²) in [5, 5.41) is 0. The van der Waals surface area contributed by atoms with E-state index in [0.29, 0.717) is 0 Å². The van der Waals surface area contributed by atoms with Crippen LogP contribution in [0.1, 0.15) is 32.3 Å². The lowest BCUT2D eigenvalue weighted by Gasteiger charge is -2.43. The first-order chi connectivity index (χ1) is 8.47. The van der Waals surface area contributed by atoms with Crippen LogP contribution >= 0.6 is 15.9 Å². The van der Waals surface area contributed by atoms with Crippen LogP contribution in [0.5, 0.6) is 0 Å². The van der Waals surface area contributed by atoms with Crippen LogP contribution in [0.2, 0.25) is 0 Å². The maximum absolute atomic E-state index is 6.51. The lowest BCUT2D eigenvalue weighted by molar-refractivity contribution is 0.105. The van der Waals surface area contributed by atoms with Crippen molar-refractivity contribution in [3.8, 4) is 0 Å². The SMILES string of the molecule is CCC(CC)(C(N)Cc1ccccc1Br)N(C)C. The van der Waals surface area contributed by atoms with Crippen molar-refractivity contribution in [1.82, 2.24) is 4.90 Å². The summed E-state index contributed by atoms with van der Waals surface area (Å²) in [4.78, 5) is 2.29. The zero-order chi connectivity index (χ0) is 13.8. The highest BCUT2D eigenvalue weighted by molar-refractivity contribution is 9.10. The molecular formula is C15H25BrN2. The second-order valence-corrected chi connectivity index (χ2v) is 5.96. The van der Waals surface area contributed by atoms with Gasteiger partial charge in [-0.25, -0.2) is 0 Å². The summed E-state index contributed by atoms with van der Waals surface area (Å²) in [6, 6.07) is 8.48. The van der Waals surface area contributed by atoms with E-state index in [0.717, 1.165) is 23.7 Å². The summed E-state index contributed by atoms with van der Waals surface area (Å²) in [7, 11) is 4.26. The molecule has 0 aromatic heterocycles. The van der Waals surface area contributed by atoms with Gasteiger partial charge in [0.25, 0.3) is 0 Å². The van der Waals surface area contributed by atoms with Crippen LogP contribution in [0.25, 0.3) is 0 Å². The van der Waals surface area contributed by atoms with Gasteiger partial charge in [0.2, 0.25) is 0 Å². The normalized spacial score (nSPS) is 13.9. The number of hydrogen-bond acceptors (Lipinski definition) is 2. The van der Waals surface area contributed by atoms with Crippen LogP contribution in [0.4, 0.5) is 0 Å². The average molecular weight is 313 g/mol. The molecule has 0 amide bonds. The van der Waals surface area contributed by atoms with E-state index in [4.69, 9.17) is 5.73 Å². The highest BCUT2D eigenvalue weighted by atomic mass is 79.9. The van der Waals surface area contributed by atoms with E-state index in [-0.39, 0.29) is 11.6 Å². The topological polar surface area (TPSA) is 29.3 Å². The monoisotopic (exact) mass is 312 g/mol. The van der Waals surface area contributed by atoms with Crippen LogP contribution in [0.3, 0.4) is 0 Å². The predicted octanol–water partition coefficient (Wildman–Crippen LogP) is 3.44. The van der Waals surface area contributed by atoms with Gasteiger partial charge >= 0.3 is 0 Å². The van der Waals surface area contributed by atoms with Crippen LogP contribution in [-0.4, -0.2) is 30.6 Å². The standard InChI is InChI=1S/C15H25BrN2/c1-5-15(6-2,18(3)4)14(17)11-12-9-7-8-10-13(12)16/h7-10,14H,5-6,11,17H2,1-4H3. The van der Waals surface area contributed by atoms with Crippen molar-refractivity contribution in [2.75, 3.05) is 14.1 Å². The zero-order valence-corrected chi connectivity index (χ0v) is 13.5. The Labute approximate surface area is 120 Å². The van der Waals surface area contributed by atoms with E-state index in [1.165, 1.54) is 5.56 Å². The number of likely N-dealkylation sites (N-methyl/N-ethyl adjacent to an activating group) is 1. The van der Waals surface area contributed by atoms with Crippen molar-refractivity contribution in [1.29, 1.82) is 0 Å². The van der Waals surface area contributed by atoms with E-state index in [1.807, 2.05) is 6.07 Å². The van der Waals surface area contributed by atoms with Gasteiger partial charge in [0.05, 0.1) is 0 Å². The van der Waals surface area contributed by atoms with Gasteiger partial charge in [-0.15, -0.1) is 0 Å². The van der Waals surface area contributed by atoms with Gasteiger partial charge in [-0.05, 0) is 45.0 Å². The van der Waals surface area contributed by atoms with Crippen LogP contribution in [-0.2, 0) is 6.42 Å². The molecule has 3 heteroatoms. The summed E-state index contributed by atoms with van der Waals surface area (Å²) in [6.45, 7) is 4.45. The smallest absolute Gasteiger partial charge is 0.0352 e. The molecule has 1 aromatic carbocycles. The van der Waals surface area contributed by atoms with E-state index < -0.39 is 0 Å². The molecule has 0 fully saturated rings. The van der Waals surface area contributed by atoms with Crippen molar-refractivity contribution < 1.29 is 0 Å². The molecule has 18 heavy (non-hydrogen) atoms. The third-order valence-corrected chi connectivity index (χ3v) is 4.98. The minimum absolute atomic E-state index is 0.0787. The number of benzene rings is 1. The first kappa shape index (κ1) is 15.7. The highest BCUT2D eigenvalue weighted by Gasteiger charge is 2.35. The summed E-state index contributed by atoms with van der Waals surface area (Å²) in [5.41, 5.74) is 7.88. The van der Waals surface area contributed by atoms with Gasteiger partial charge in [0.15, 0.2) is 0 Å². The Morgan fingerprint density at radius 2 is 1.78 bits per heavy atom. The minimum atomic E-state index is 0.0787. The lowest BCUT2D eigenvalue weighted by atomic mass is 9.81. The Balaban J connectivity index is 2.92. The van der Waals surface area contributed by atoms with Gasteiger partial charge in [-0.1, -0.05) is 48.0 Å². The molecule has 0 heterocycles. The molecule has 0 saturated carbocycles. The first-order valence-corrected chi connectivity index (χ1v) is 7.43. The number of rotatable bonds is 6. The third-order valence-electron chi connectivity index (χ3n) is 4.20. The van der Waals surface area contributed by atoms with Gasteiger partial charge < -0.3 is 10.6 Å². The Morgan fingerprint density at radius 3 is 2.22 bits per heavy atom. The number of nitrogens with zero attached hydrogens (tertiary/aromatic N) is 1. The second-order valence-electron chi connectivity index (χ2n) is 5.11. The van der Waals surface area contributed by atoms with Crippen LogP contribution in [0.15, 0.2) is 28.7 Å². The third kappa shape index (κ3) is 3.14. The van der Waals surface area contributed by atoms with Gasteiger partial charge in [0.1, 0.15) is 0 Å². The van der Waals surface area contributed by atoms with E-state index in [2.05, 4.69) is 67.0 Å². The summed E-state index contributed by atoms with van der Waals surface area (Å²) >= 11 is 3.60. The Morgan fingerprint density at radius 1 is 1.22 bits per heavy atom. The lowest BCUT2D eigenvalue weighted by Crippen LogP contribution is -2.57. The fourth-order valence-corrected chi connectivity index (χ4v) is 3.28. The maximum atomic E-state index is 6.51. The van der Waals surface area contributed by atoms with Gasteiger partial charge in [-0.2, -0.15) is 0 Å². The van der Waals surface area contributed by atoms with Crippen molar-refractivity contribution in [3.05, 3.63) is 34.3 Å². The molecule has 102 valence electrons. The van der Waals surface area contributed by atoms with E-state index in [9.17, 15) is 0 Å². The summed E-state index contributed by atoms with van der Waals surface area (Å²) in [5.74, 6) is 0. The molecule has 0 bridgehead atoms. The van der Waals surface area contributed by atoms with Crippen LogP contribution < -0.4 is 5.73 Å². The number of halogens is 1. The fraction of sp³-hybridized carbons (Fsp3) is 0.600. The number of hydrogen-bond donors (Lipinski definition) is 1. The van der Waals surface area contributed by atoms with Gasteiger partial charge in [-0.3, -0.25) is 0 Å². The first-order valence-electron chi connectivity index (χ1n) is 6.64.